The number of para-hydroxylation sites is 2. The highest BCUT2D eigenvalue weighted by Crippen LogP contribution is 2.38. The summed E-state index contributed by atoms with van der Waals surface area (Å²) in [5, 5.41) is 16.7. The highest BCUT2D eigenvalue weighted by Gasteiger charge is 2.32. The summed E-state index contributed by atoms with van der Waals surface area (Å²) in [5.74, 6) is -0.730. The number of hydrogen-bond donors (Lipinski definition) is 0. The van der Waals surface area contributed by atoms with Gasteiger partial charge in [-0.05, 0) is 36.0 Å². The van der Waals surface area contributed by atoms with Crippen molar-refractivity contribution in [2.75, 3.05) is 5.01 Å². The van der Waals surface area contributed by atoms with Gasteiger partial charge in [-0.15, -0.1) is 0 Å². The van der Waals surface area contributed by atoms with Crippen molar-refractivity contribution in [3.05, 3.63) is 77.0 Å². The number of nitrogens with zero attached hydrogens (tertiary/aromatic N) is 3. The van der Waals surface area contributed by atoms with E-state index in [2.05, 4.69) is 5.10 Å². The topological polar surface area (TPSA) is 86.7 Å². The highest BCUT2D eigenvalue weighted by molar-refractivity contribution is 8.19. The van der Waals surface area contributed by atoms with Crippen LogP contribution in [-0.2, 0) is 4.79 Å². The molecule has 0 radical (unpaired) electrons. The second-order valence-electron chi connectivity index (χ2n) is 5.98. The van der Waals surface area contributed by atoms with Crippen LogP contribution in [0.25, 0.3) is 11.0 Å². The molecular weight excluding hydrogens is 374 g/mol. The van der Waals surface area contributed by atoms with Crippen LogP contribution < -0.4 is 5.01 Å². The molecule has 3 aromatic rings. The van der Waals surface area contributed by atoms with E-state index < -0.39 is 5.78 Å². The van der Waals surface area contributed by atoms with Crippen molar-refractivity contribution in [2.45, 2.75) is 6.92 Å². The Labute approximate surface area is 164 Å². The summed E-state index contributed by atoms with van der Waals surface area (Å²) in [6.45, 7) is 1.39. The van der Waals surface area contributed by atoms with Crippen molar-refractivity contribution in [1.29, 1.82) is 5.26 Å². The lowest BCUT2D eigenvalue weighted by Crippen LogP contribution is -2.14. The largest absolute Gasteiger partial charge is 0.453 e. The van der Waals surface area contributed by atoms with E-state index in [-0.39, 0.29) is 27.2 Å². The van der Waals surface area contributed by atoms with Gasteiger partial charge in [-0.1, -0.05) is 36.4 Å². The Morgan fingerprint density at radius 1 is 1.11 bits per heavy atom. The monoisotopic (exact) mass is 387 g/mol. The second kappa shape index (κ2) is 7.18. The van der Waals surface area contributed by atoms with Gasteiger partial charge < -0.3 is 4.42 Å². The number of hydrazone groups is 1. The van der Waals surface area contributed by atoms with E-state index >= 15 is 0 Å². The summed E-state index contributed by atoms with van der Waals surface area (Å²) < 4.78 is 5.62. The van der Waals surface area contributed by atoms with E-state index in [0.717, 1.165) is 17.1 Å². The van der Waals surface area contributed by atoms with Crippen LogP contribution in [0.4, 0.5) is 5.69 Å². The number of thioether (sulfide) groups is 1. The number of hydrogen-bond acceptors (Lipinski definition) is 7. The fourth-order valence-electron chi connectivity index (χ4n) is 2.75. The van der Waals surface area contributed by atoms with Crippen LogP contribution in [-0.4, -0.2) is 16.6 Å². The zero-order valence-corrected chi connectivity index (χ0v) is 15.6. The van der Waals surface area contributed by atoms with Crippen LogP contribution in [0.1, 0.15) is 17.5 Å². The molecular formula is C21H13N3O3S. The molecule has 0 bridgehead atoms. The smallest absolute Gasteiger partial charge is 0.241 e. The second-order valence-corrected chi connectivity index (χ2v) is 6.96. The first-order chi connectivity index (χ1) is 13.6. The van der Waals surface area contributed by atoms with Crippen LogP contribution in [0, 0.1) is 11.3 Å². The van der Waals surface area contributed by atoms with E-state index in [0.29, 0.717) is 11.3 Å². The molecule has 0 saturated heterocycles. The van der Waals surface area contributed by atoms with Crippen molar-refractivity contribution in [3.63, 3.8) is 0 Å². The number of anilines is 1. The first-order valence-corrected chi connectivity index (χ1v) is 9.20. The molecule has 2 heterocycles. The molecule has 0 atom stereocenters. The number of benzene rings is 2. The maximum Gasteiger partial charge on any atom is 0.241 e. The quantitative estimate of drug-likeness (QED) is 0.372. The fourth-order valence-corrected chi connectivity index (χ4v) is 3.67. The number of ketones is 2. The number of rotatable bonds is 4. The Morgan fingerprint density at radius 3 is 2.50 bits per heavy atom. The number of carbonyl (C=O) groups excluding carboxylic acids is 2. The maximum atomic E-state index is 13.0. The van der Waals surface area contributed by atoms with Gasteiger partial charge in [0.15, 0.2) is 16.6 Å². The number of furan rings is 1. The molecule has 7 heteroatoms. The average Bonchev–Trinajstić information content (AvgIpc) is 3.34. The molecule has 1 aliphatic heterocycles. The Bertz CT molecular complexity index is 1170. The van der Waals surface area contributed by atoms with Gasteiger partial charge in [-0.25, -0.2) is 5.01 Å². The summed E-state index contributed by atoms with van der Waals surface area (Å²) in [6, 6.07) is 19.8. The molecule has 0 unspecified atom stereocenters. The van der Waals surface area contributed by atoms with E-state index in [4.69, 9.17) is 4.42 Å². The summed E-state index contributed by atoms with van der Waals surface area (Å²) in [4.78, 5) is 24.9. The van der Waals surface area contributed by atoms with E-state index in [1.165, 1.54) is 11.9 Å². The summed E-state index contributed by atoms with van der Waals surface area (Å²) in [7, 11) is 0. The molecule has 2 aromatic carbocycles. The number of Topliss-reactive ketones (excluding diaryl/α,β-unsaturated/α-hetero) is 2. The minimum atomic E-state index is -0.554. The maximum absolute atomic E-state index is 13.0. The first-order valence-electron chi connectivity index (χ1n) is 8.38. The third kappa shape index (κ3) is 3.10. The van der Waals surface area contributed by atoms with Gasteiger partial charge in [0.1, 0.15) is 22.3 Å². The van der Waals surface area contributed by atoms with Gasteiger partial charge >= 0.3 is 0 Å². The SMILES string of the molecule is CC(=O)C1=NN(c2ccccc2)/C(=C(/C#N)C(=O)c2cc3ccccc3o2)S1. The number of carbonyl (C=O) groups is 2. The molecule has 0 spiro atoms. The molecule has 0 saturated carbocycles. The van der Waals surface area contributed by atoms with Gasteiger partial charge in [0, 0.05) is 12.3 Å². The van der Waals surface area contributed by atoms with Crippen LogP contribution in [0.2, 0.25) is 0 Å². The lowest BCUT2D eigenvalue weighted by atomic mass is 10.1. The lowest BCUT2D eigenvalue weighted by molar-refractivity contribution is -0.110. The predicted molar refractivity (Wildman–Crippen MR) is 108 cm³/mol. The van der Waals surface area contributed by atoms with Crippen LogP contribution >= 0.6 is 11.8 Å². The van der Waals surface area contributed by atoms with Crippen molar-refractivity contribution in [1.82, 2.24) is 0 Å². The van der Waals surface area contributed by atoms with Crippen LogP contribution in [0.15, 0.2) is 80.8 Å². The zero-order valence-electron chi connectivity index (χ0n) is 14.7. The fraction of sp³-hybridized carbons (Fsp3) is 0.0476. The van der Waals surface area contributed by atoms with E-state index in [9.17, 15) is 14.9 Å². The molecule has 4 rings (SSSR count). The Morgan fingerprint density at radius 2 is 1.82 bits per heavy atom. The minimum Gasteiger partial charge on any atom is -0.453 e. The molecule has 1 aliphatic rings. The first kappa shape index (κ1) is 17.8. The van der Waals surface area contributed by atoms with Crippen LogP contribution in [0.5, 0.6) is 0 Å². The molecule has 0 N–H and O–H groups in total. The highest BCUT2D eigenvalue weighted by atomic mass is 32.2. The van der Waals surface area contributed by atoms with E-state index in [1.54, 1.807) is 30.3 Å². The number of allylic oxidation sites excluding steroid dienone is 1. The van der Waals surface area contributed by atoms with Gasteiger partial charge in [0.2, 0.25) is 5.78 Å². The van der Waals surface area contributed by atoms with Gasteiger partial charge in [-0.2, -0.15) is 10.4 Å². The van der Waals surface area contributed by atoms with Gasteiger partial charge in [0.05, 0.1) is 5.69 Å². The molecule has 6 nitrogen and oxygen atoms in total. The Kier molecular flexibility index (Phi) is 4.55. The number of nitriles is 1. The number of fused-ring (bicyclic) bond motifs is 1. The van der Waals surface area contributed by atoms with Gasteiger partial charge in [0.25, 0.3) is 0 Å². The molecule has 0 fully saturated rings. The lowest BCUT2D eigenvalue weighted by Gasteiger charge is -2.16. The zero-order chi connectivity index (χ0) is 19.7. The van der Waals surface area contributed by atoms with Crippen molar-refractivity contribution in [3.8, 4) is 6.07 Å². The Balaban J connectivity index is 1.82. The minimum absolute atomic E-state index is 0.0649. The van der Waals surface area contributed by atoms with Crippen molar-refractivity contribution in [2.24, 2.45) is 5.10 Å². The van der Waals surface area contributed by atoms with Crippen molar-refractivity contribution < 1.29 is 14.0 Å². The molecule has 136 valence electrons. The molecule has 0 aliphatic carbocycles. The molecule has 0 amide bonds. The summed E-state index contributed by atoms with van der Waals surface area (Å²) in [6.07, 6.45) is 0. The van der Waals surface area contributed by atoms with E-state index in [1.807, 2.05) is 36.4 Å². The third-order valence-electron chi connectivity index (χ3n) is 4.08. The summed E-state index contributed by atoms with van der Waals surface area (Å²) >= 11 is 1.01. The van der Waals surface area contributed by atoms with Crippen LogP contribution in [0.3, 0.4) is 0 Å². The summed E-state index contributed by atoms with van der Waals surface area (Å²) in [5.41, 5.74) is 1.08. The average molecular weight is 387 g/mol. The molecule has 1 aromatic heterocycles. The standard InChI is InChI=1S/C21H13N3O3S/c1-13(25)20-23-24(15-8-3-2-4-9-15)21(28-20)16(12-22)19(26)18-11-14-7-5-6-10-17(14)27-18/h2-11H,1H3/b21-16+. The normalized spacial score (nSPS) is 15.3. The van der Waals surface area contributed by atoms with Crippen molar-refractivity contribution >= 4 is 45.0 Å². The third-order valence-corrected chi connectivity index (χ3v) is 5.21. The molecule has 28 heavy (non-hydrogen) atoms. The Hall–Kier alpha value is -3.63. The van der Waals surface area contributed by atoms with Gasteiger partial charge in [-0.3, -0.25) is 9.59 Å². The predicted octanol–water partition coefficient (Wildman–Crippen LogP) is 4.51.